The second-order valence-corrected chi connectivity index (χ2v) is 5.39. The van der Waals surface area contributed by atoms with E-state index in [2.05, 4.69) is 0 Å². The zero-order valence-corrected chi connectivity index (χ0v) is 11.8. The van der Waals surface area contributed by atoms with Crippen molar-refractivity contribution in [2.24, 2.45) is 11.7 Å². The van der Waals surface area contributed by atoms with Gasteiger partial charge in [0, 0.05) is 25.2 Å². The maximum absolute atomic E-state index is 11.2. The molecule has 1 aliphatic rings. The lowest BCUT2D eigenvalue weighted by Crippen LogP contribution is -2.42. The highest BCUT2D eigenvalue weighted by molar-refractivity contribution is 5.67. The van der Waals surface area contributed by atoms with Crippen LogP contribution >= 0.6 is 0 Å². The highest BCUT2D eigenvalue weighted by atomic mass is 16.6. The summed E-state index contributed by atoms with van der Waals surface area (Å²) in [7, 11) is 0. The van der Waals surface area contributed by atoms with Crippen molar-refractivity contribution in [3.05, 3.63) is 38.4 Å². The van der Waals surface area contributed by atoms with E-state index in [0.717, 1.165) is 18.9 Å². The van der Waals surface area contributed by atoms with Crippen LogP contribution in [0.25, 0.3) is 0 Å². The zero-order chi connectivity index (χ0) is 15.6. The minimum atomic E-state index is -0.627. The third-order valence-electron chi connectivity index (χ3n) is 3.91. The molecule has 0 radical (unpaired) electrons. The number of nitro benzene ring substituents is 2. The van der Waals surface area contributed by atoms with E-state index < -0.39 is 9.85 Å². The maximum atomic E-state index is 11.2. The molecular formula is C13H18N4O4. The van der Waals surface area contributed by atoms with Gasteiger partial charge in [-0.05, 0) is 31.7 Å². The van der Waals surface area contributed by atoms with Crippen molar-refractivity contribution >= 4 is 17.1 Å². The Labute approximate surface area is 121 Å². The summed E-state index contributed by atoms with van der Waals surface area (Å²) in [6, 6.07) is 3.80. The molecule has 2 N–H and O–H groups in total. The molecule has 8 heteroatoms. The molecule has 0 spiro atoms. The van der Waals surface area contributed by atoms with E-state index in [1.165, 1.54) is 12.1 Å². The van der Waals surface area contributed by atoms with Gasteiger partial charge in [0.25, 0.3) is 11.4 Å². The third-order valence-corrected chi connectivity index (χ3v) is 3.91. The lowest BCUT2D eigenvalue weighted by molar-refractivity contribution is -0.393. The fourth-order valence-corrected chi connectivity index (χ4v) is 2.70. The normalized spacial score (nSPS) is 20.1. The van der Waals surface area contributed by atoms with Gasteiger partial charge in [0.1, 0.15) is 5.69 Å². The van der Waals surface area contributed by atoms with Crippen molar-refractivity contribution < 1.29 is 9.85 Å². The number of nitro groups is 2. The average molecular weight is 294 g/mol. The molecule has 8 nitrogen and oxygen atoms in total. The van der Waals surface area contributed by atoms with Gasteiger partial charge >= 0.3 is 0 Å². The SMILES string of the molecule is CC(N)C1CCCN(c2ccc([N+](=O)[O-])cc2[N+](=O)[O-])C1. The Morgan fingerprint density at radius 2 is 2.05 bits per heavy atom. The fourth-order valence-electron chi connectivity index (χ4n) is 2.70. The van der Waals surface area contributed by atoms with Gasteiger partial charge in [-0.2, -0.15) is 0 Å². The van der Waals surface area contributed by atoms with Gasteiger partial charge in [-0.3, -0.25) is 20.2 Å². The maximum Gasteiger partial charge on any atom is 0.299 e. The van der Waals surface area contributed by atoms with Gasteiger partial charge in [-0.1, -0.05) is 0 Å². The molecular weight excluding hydrogens is 276 g/mol. The summed E-state index contributed by atoms with van der Waals surface area (Å²) in [6.07, 6.45) is 1.90. The molecule has 1 heterocycles. The lowest BCUT2D eigenvalue weighted by Gasteiger charge is -2.35. The van der Waals surface area contributed by atoms with Crippen LogP contribution in [0.15, 0.2) is 18.2 Å². The highest BCUT2D eigenvalue weighted by Gasteiger charge is 2.28. The van der Waals surface area contributed by atoms with Crippen molar-refractivity contribution in [2.45, 2.75) is 25.8 Å². The highest BCUT2D eigenvalue weighted by Crippen LogP contribution is 2.34. The molecule has 2 rings (SSSR count). The average Bonchev–Trinajstić information content (AvgIpc) is 2.46. The predicted molar refractivity (Wildman–Crippen MR) is 78.3 cm³/mol. The number of hydrogen-bond acceptors (Lipinski definition) is 6. The number of non-ortho nitro benzene ring substituents is 1. The Bertz CT molecular complexity index is 561. The zero-order valence-electron chi connectivity index (χ0n) is 11.8. The quantitative estimate of drug-likeness (QED) is 0.671. The number of nitrogens with zero attached hydrogens (tertiary/aromatic N) is 3. The van der Waals surface area contributed by atoms with Crippen LogP contribution in [0.4, 0.5) is 17.1 Å². The second-order valence-electron chi connectivity index (χ2n) is 5.39. The number of rotatable bonds is 4. The van der Waals surface area contributed by atoms with Gasteiger partial charge in [0.15, 0.2) is 0 Å². The molecule has 1 aliphatic heterocycles. The third kappa shape index (κ3) is 3.27. The number of piperidine rings is 1. The van der Waals surface area contributed by atoms with Crippen LogP contribution in [0, 0.1) is 26.1 Å². The molecule has 0 aliphatic carbocycles. The first-order chi connectivity index (χ1) is 9.90. The molecule has 0 bridgehead atoms. The van der Waals surface area contributed by atoms with Crippen LogP contribution < -0.4 is 10.6 Å². The molecule has 0 amide bonds. The lowest BCUT2D eigenvalue weighted by atomic mass is 9.92. The molecule has 2 unspecified atom stereocenters. The van der Waals surface area contributed by atoms with E-state index in [4.69, 9.17) is 5.73 Å². The van der Waals surface area contributed by atoms with Crippen LogP contribution in [-0.4, -0.2) is 29.0 Å². The minimum absolute atomic E-state index is 0.0184. The summed E-state index contributed by atoms with van der Waals surface area (Å²) in [5.74, 6) is 0.272. The summed E-state index contributed by atoms with van der Waals surface area (Å²) in [4.78, 5) is 22.6. The van der Waals surface area contributed by atoms with E-state index in [-0.39, 0.29) is 23.3 Å². The number of hydrogen-bond donors (Lipinski definition) is 1. The van der Waals surface area contributed by atoms with Crippen molar-refractivity contribution in [3.8, 4) is 0 Å². The smallest absolute Gasteiger partial charge is 0.299 e. The van der Waals surface area contributed by atoms with Crippen LogP contribution in [0.2, 0.25) is 0 Å². The molecule has 2 atom stereocenters. The molecule has 1 aromatic carbocycles. The van der Waals surface area contributed by atoms with Crippen LogP contribution in [0.1, 0.15) is 19.8 Å². The van der Waals surface area contributed by atoms with Gasteiger partial charge in [0.2, 0.25) is 0 Å². The largest absolute Gasteiger partial charge is 0.366 e. The Morgan fingerprint density at radius 3 is 2.62 bits per heavy atom. The Balaban J connectivity index is 2.34. The van der Waals surface area contributed by atoms with Crippen molar-refractivity contribution in [2.75, 3.05) is 18.0 Å². The van der Waals surface area contributed by atoms with E-state index in [0.29, 0.717) is 18.8 Å². The first-order valence-corrected chi connectivity index (χ1v) is 6.83. The summed E-state index contributed by atoms with van der Waals surface area (Å²) in [5.41, 5.74) is 5.85. The topological polar surface area (TPSA) is 116 Å². The molecule has 1 aromatic rings. The van der Waals surface area contributed by atoms with Gasteiger partial charge in [0.05, 0.1) is 15.9 Å². The van der Waals surface area contributed by atoms with E-state index in [1.54, 1.807) is 0 Å². The fraction of sp³-hybridized carbons (Fsp3) is 0.538. The summed E-state index contributed by atoms with van der Waals surface area (Å²) in [5, 5.41) is 21.9. The summed E-state index contributed by atoms with van der Waals surface area (Å²) < 4.78 is 0. The number of anilines is 1. The first kappa shape index (κ1) is 15.2. The number of benzene rings is 1. The number of nitrogens with two attached hydrogens (primary N) is 1. The van der Waals surface area contributed by atoms with Gasteiger partial charge in [-0.25, -0.2) is 0 Å². The van der Waals surface area contributed by atoms with E-state index in [9.17, 15) is 20.2 Å². The van der Waals surface area contributed by atoms with E-state index >= 15 is 0 Å². The molecule has 1 saturated heterocycles. The van der Waals surface area contributed by atoms with Crippen LogP contribution in [0.5, 0.6) is 0 Å². The molecule has 21 heavy (non-hydrogen) atoms. The second kappa shape index (κ2) is 6.04. The Hall–Kier alpha value is -2.22. The molecule has 0 aromatic heterocycles. The Kier molecular flexibility index (Phi) is 4.37. The van der Waals surface area contributed by atoms with Crippen LogP contribution in [0.3, 0.4) is 0 Å². The minimum Gasteiger partial charge on any atom is -0.366 e. The van der Waals surface area contributed by atoms with Crippen molar-refractivity contribution in [1.29, 1.82) is 0 Å². The summed E-state index contributed by atoms with van der Waals surface area (Å²) >= 11 is 0. The van der Waals surface area contributed by atoms with Crippen molar-refractivity contribution in [3.63, 3.8) is 0 Å². The molecule has 0 saturated carbocycles. The summed E-state index contributed by atoms with van der Waals surface area (Å²) in [6.45, 7) is 3.26. The van der Waals surface area contributed by atoms with Crippen LogP contribution in [-0.2, 0) is 0 Å². The predicted octanol–water partition coefficient (Wildman–Crippen LogP) is 2.07. The van der Waals surface area contributed by atoms with Gasteiger partial charge in [-0.15, -0.1) is 0 Å². The van der Waals surface area contributed by atoms with Gasteiger partial charge < -0.3 is 10.6 Å². The molecule has 114 valence electrons. The standard InChI is InChI=1S/C13H18N4O4/c1-9(14)10-3-2-6-15(8-10)12-5-4-11(16(18)19)7-13(12)17(20)21/h4-5,7,9-10H,2-3,6,8,14H2,1H3. The monoisotopic (exact) mass is 294 g/mol. The van der Waals surface area contributed by atoms with E-state index in [1.807, 2.05) is 11.8 Å². The first-order valence-electron chi connectivity index (χ1n) is 6.83. The Morgan fingerprint density at radius 1 is 1.33 bits per heavy atom. The molecule has 1 fully saturated rings. The van der Waals surface area contributed by atoms with Crippen molar-refractivity contribution in [1.82, 2.24) is 0 Å².